The third-order valence-corrected chi connectivity index (χ3v) is 4.84. The first kappa shape index (κ1) is 14.6. The largest absolute Gasteiger partial charge is 0.271 e. The van der Waals surface area contributed by atoms with Crippen LogP contribution in [0.3, 0.4) is 0 Å². The van der Waals surface area contributed by atoms with Crippen LogP contribution in [0.5, 0.6) is 0 Å². The molecule has 0 radical (unpaired) electrons. The fraction of sp³-hybridized carbons (Fsp3) is 0.286. The summed E-state index contributed by atoms with van der Waals surface area (Å²) in [5.74, 6) is 5.82. The molecule has 3 heterocycles. The molecule has 21 heavy (non-hydrogen) atoms. The number of nitrogens with zero attached hydrogens (tertiary/aromatic N) is 3. The summed E-state index contributed by atoms with van der Waals surface area (Å²) in [6.45, 7) is 4.19. The number of fused-ring (bicyclic) bond motifs is 1. The van der Waals surface area contributed by atoms with Crippen molar-refractivity contribution in [1.82, 2.24) is 20.2 Å². The van der Waals surface area contributed by atoms with Gasteiger partial charge in [-0.25, -0.2) is 5.43 Å². The second-order valence-corrected chi connectivity index (χ2v) is 6.89. The number of halogens is 1. The average molecular weight is 366 g/mol. The molecule has 0 aliphatic carbocycles. The Bertz CT molecular complexity index is 764. The summed E-state index contributed by atoms with van der Waals surface area (Å²) in [6, 6.07) is 4.23. The molecule has 1 unspecified atom stereocenters. The summed E-state index contributed by atoms with van der Waals surface area (Å²) in [4.78, 5) is 4.49. The van der Waals surface area contributed by atoms with Crippen molar-refractivity contribution in [2.24, 2.45) is 5.84 Å². The van der Waals surface area contributed by atoms with Crippen LogP contribution in [0.2, 0.25) is 0 Å². The van der Waals surface area contributed by atoms with Gasteiger partial charge in [-0.2, -0.15) is 5.10 Å². The lowest BCUT2D eigenvalue weighted by Crippen LogP contribution is -2.31. The first-order valence-corrected chi connectivity index (χ1v) is 8.31. The topological polar surface area (TPSA) is 68.8 Å². The zero-order chi connectivity index (χ0) is 15.0. The Morgan fingerprint density at radius 3 is 2.90 bits per heavy atom. The van der Waals surface area contributed by atoms with Gasteiger partial charge in [-0.05, 0) is 52.9 Å². The molecule has 5 nitrogen and oxygen atoms in total. The highest BCUT2D eigenvalue weighted by Crippen LogP contribution is 2.31. The van der Waals surface area contributed by atoms with Crippen LogP contribution in [0.25, 0.3) is 10.2 Å². The van der Waals surface area contributed by atoms with Gasteiger partial charge in [-0.3, -0.25) is 15.5 Å². The van der Waals surface area contributed by atoms with Crippen LogP contribution < -0.4 is 11.3 Å². The maximum atomic E-state index is 5.82. The van der Waals surface area contributed by atoms with Gasteiger partial charge in [0.25, 0.3) is 0 Å². The van der Waals surface area contributed by atoms with Crippen molar-refractivity contribution in [1.29, 1.82) is 0 Å². The molecular formula is C14H16BrN5S. The van der Waals surface area contributed by atoms with Crippen LogP contribution in [0, 0.1) is 0 Å². The SMILES string of the molecule is CC(C)n1ncc(Br)c1C(NN)c1cnc2ccsc2c1. The van der Waals surface area contributed by atoms with Crippen molar-refractivity contribution < 1.29 is 0 Å². The van der Waals surface area contributed by atoms with E-state index in [1.807, 2.05) is 22.3 Å². The number of nitrogens with one attached hydrogen (secondary N) is 1. The van der Waals surface area contributed by atoms with Gasteiger partial charge in [-0.1, -0.05) is 0 Å². The third-order valence-electron chi connectivity index (χ3n) is 3.37. The molecule has 1 atom stereocenters. The highest BCUT2D eigenvalue weighted by molar-refractivity contribution is 9.10. The van der Waals surface area contributed by atoms with Gasteiger partial charge in [0.1, 0.15) is 0 Å². The minimum absolute atomic E-state index is 0.164. The first-order chi connectivity index (χ1) is 10.1. The van der Waals surface area contributed by atoms with E-state index in [4.69, 9.17) is 5.84 Å². The molecule has 0 saturated carbocycles. The normalized spacial score (nSPS) is 13.2. The molecule has 0 amide bonds. The summed E-state index contributed by atoms with van der Waals surface area (Å²) in [5.41, 5.74) is 5.93. The molecule has 0 fully saturated rings. The van der Waals surface area contributed by atoms with Crippen molar-refractivity contribution in [2.45, 2.75) is 25.9 Å². The maximum Gasteiger partial charge on any atom is 0.0905 e. The smallest absolute Gasteiger partial charge is 0.0905 e. The zero-order valence-corrected chi connectivity index (χ0v) is 14.1. The van der Waals surface area contributed by atoms with Crippen LogP contribution in [-0.2, 0) is 0 Å². The van der Waals surface area contributed by atoms with Crippen molar-refractivity contribution in [3.63, 3.8) is 0 Å². The number of aromatic nitrogens is 3. The third kappa shape index (κ3) is 2.62. The highest BCUT2D eigenvalue weighted by Gasteiger charge is 2.22. The van der Waals surface area contributed by atoms with Gasteiger partial charge in [0.05, 0.1) is 32.6 Å². The predicted molar refractivity (Wildman–Crippen MR) is 89.1 cm³/mol. The number of hydrogen-bond donors (Lipinski definition) is 2. The Morgan fingerprint density at radius 1 is 1.38 bits per heavy atom. The molecule has 3 rings (SSSR count). The van der Waals surface area contributed by atoms with E-state index < -0.39 is 0 Å². The van der Waals surface area contributed by atoms with Crippen LogP contribution in [0.1, 0.15) is 37.2 Å². The summed E-state index contributed by atoms with van der Waals surface area (Å²) in [7, 11) is 0. The molecule has 0 aliphatic heterocycles. The summed E-state index contributed by atoms with van der Waals surface area (Å²) >= 11 is 5.25. The minimum Gasteiger partial charge on any atom is -0.271 e. The van der Waals surface area contributed by atoms with E-state index >= 15 is 0 Å². The number of nitrogens with two attached hydrogens (primary N) is 1. The Balaban J connectivity index is 2.11. The quantitative estimate of drug-likeness (QED) is 0.549. The maximum absolute atomic E-state index is 5.82. The lowest BCUT2D eigenvalue weighted by atomic mass is 10.1. The van der Waals surface area contributed by atoms with Crippen molar-refractivity contribution in [2.75, 3.05) is 0 Å². The van der Waals surface area contributed by atoms with Crippen LogP contribution in [-0.4, -0.2) is 14.8 Å². The molecule has 0 saturated heterocycles. The molecule has 110 valence electrons. The molecule has 0 bridgehead atoms. The van der Waals surface area contributed by atoms with E-state index in [9.17, 15) is 0 Å². The van der Waals surface area contributed by atoms with Crippen LogP contribution in [0.4, 0.5) is 0 Å². The van der Waals surface area contributed by atoms with Gasteiger partial charge >= 0.3 is 0 Å². The van der Waals surface area contributed by atoms with Crippen molar-refractivity contribution >= 4 is 37.5 Å². The van der Waals surface area contributed by atoms with Gasteiger partial charge in [-0.15, -0.1) is 11.3 Å². The molecule has 0 aromatic carbocycles. The average Bonchev–Trinajstić information content (AvgIpc) is 3.07. The molecule has 3 aromatic rings. The van der Waals surface area contributed by atoms with Crippen LogP contribution in [0.15, 0.2) is 34.4 Å². The van der Waals surface area contributed by atoms with Gasteiger partial charge in [0.15, 0.2) is 0 Å². The van der Waals surface area contributed by atoms with Gasteiger partial charge in [0.2, 0.25) is 0 Å². The van der Waals surface area contributed by atoms with E-state index in [2.05, 4.69) is 51.4 Å². The fourth-order valence-electron chi connectivity index (χ4n) is 2.38. The molecular weight excluding hydrogens is 350 g/mol. The second kappa shape index (κ2) is 5.84. The van der Waals surface area contributed by atoms with Crippen molar-refractivity contribution in [3.8, 4) is 0 Å². The van der Waals surface area contributed by atoms with E-state index in [1.54, 1.807) is 17.5 Å². The Labute approximate surface area is 135 Å². The standard InChI is InChI=1S/C14H16BrN5S/c1-8(2)20-14(10(15)7-18-20)13(19-16)9-5-12-11(17-6-9)3-4-21-12/h3-8,13,19H,16H2,1-2H3. The lowest BCUT2D eigenvalue weighted by Gasteiger charge is -2.20. The van der Waals surface area contributed by atoms with E-state index in [-0.39, 0.29) is 12.1 Å². The molecule has 3 N–H and O–H groups in total. The van der Waals surface area contributed by atoms with Crippen LogP contribution >= 0.6 is 27.3 Å². The highest BCUT2D eigenvalue weighted by atomic mass is 79.9. The fourth-order valence-corrected chi connectivity index (χ4v) is 3.68. The summed E-state index contributed by atoms with van der Waals surface area (Å²) in [6.07, 6.45) is 3.67. The molecule has 7 heteroatoms. The van der Waals surface area contributed by atoms with E-state index in [0.717, 1.165) is 25.9 Å². The Morgan fingerprint density at radius 2 is 2.19 bits per heavy atom. The van der Waals surface area contributed by atoms with Gasteiger partial charge < -0.3 is 0 Å². The minimum atomic E-state index is -0.164. The second-order valence-electron chi connectivity index (χ2n) is 5.09. The Kier molecular flexibility index (Phi) is 4.08. The number of pyridine rings is 1. The number of hydrazine groups is 1. The number of rotatable bonds is 4. The molecule has 3 aromatic heterocycles. The summed E-state index contributed by atoms with van der Waals surface area (Å²) < 4.78 is 4.05. The number of hydrogen-bond acceptors (Lipinski definition) is 5. The van der Waals surface area contributed by atoms with Crippen molar-refractivity contribution in [3.05, 3.63) is 45.6 Å². The summed E-state index contributed by atoms with van der Waals surface area (Å²) in [5, 5.41) is 6.46. The zero-order valence-electron chi connectivity index (χ0n) is 11.7. The monoisotopic (exact) mass is 365 g/mol. The molecule has 0 spiro atoms. The van der Waals surface area contributed by atoms with E-state index in [1.165, 1.54) is 0 Å². The van der Waals surface area contributed by atoms with E-state index in [0.29, 0.717) is 0 Å². The number of thiophene rings is 1. The molecule has 0 aliphatic rings. The first-order valence-electron chi connectivity index (χ1n) is 6.64. The lowest BCUT2D eigenvalue weighted by molar-refractivity contribution is 0.475. The van der Waals surface area contributed by atoms with Gasteiger partial charge in [0, 0.05) is 12.2 Å². The predicted octanol–water partition coefficient (Wildman–Crippen LogP) is 3.39. The Hall–Kier alpha value is -1.28.